The van der Waals surface area contributed by atoms with Crippen LogP contribution in [0.2, 0.25) is 10.2 Å². The van der Waals surface area contributed by atoms with Crippen LogP contribution in [-0.2, 0) is 9.53 Å². The maximum absolute atomic E-state index is 13.4. The predicted molar refractivity (Wildman–Crippen MR) is 79.6 cm³/mol. The lowest BCUT2D eigenvalue weighted by atomic mass is 10.3. The molecule has 1 N–H and O–H groups in total. The molecule has 0 saturated carbocycles. The molecule has 0 aliphatic heterocycles. The van der Waals surface area contributed by atoms with Crippen LogP contribution in [0.5, 0.6) is 0 Å². The molecule has 0 saturated heterocycles. The molecule has 1 aromatic carbocycles. The van der Waals surface area contributed by atoms with Gasteiger partial charge in [-0.25, -0.2) is 14.2 Å². The number of hydrogen-bond donors (Lipinski definition) is 1. The SMILES string of the molecule is O=C(COC(=O)c1ccc(Cl)nc1)Nc1cc(Cl)ccc1F. The van der Waals surface area contributed by atoms with E-state index in [1.165, 1.54) is 30.5 Å². The molecule has 114 valence electrons. The van der Waals surface area contributed by atoms with Gasteiger partial charge >= 0.3 is 5.97 Å². The Morgan fingerprint density at radius 1 is 1.23 bits per heavy atom. The highest BCUT2D eigenvalue weighted by molar-refractivity contribution is 6.31. The molecule has 22 heavy (non-hydrogen) atoms. The highest BCUT2D eigenvalue weighted by Gasteiger charge is 2.12. The monoisotopic (exact) mass is 342 g/mol. The fraction of sp³-hybridized carbons (Fsp3) is 0.0714. The Kier molecular flexibility index (Phi) is 5.30. The minimum Gasteiger partial charge on any atom is -0.452 e. The number of carbonyl (C=O) groups excluding carboxylic acids is 2. The first-order chi connectivity index (χ1) is 10.5. The molecule has 0 atom stereocenters. The summed E-state index contributed by atoms with van der Waals surface area (Å²) in [4.78, 5) is 27.0. The van der Waals surface area contributed by atoms with Gasteiger partial charge in [0.25, 0.3) is 5.91 Å². The van der Waals surface area contributed by atoms with Crippen LogP contribution in [0.25, 0.3) is 0 Å². The zero-order chi connectivity index (χ0) is 16.1. The molecular formula is C14H9Cl2FN2O3. The van der Waals surface area contributed by atoms with Crippen LogP contribution < -0.4 is 5.32 Å². The van der Waals surface area contributed by atoms with E-state index in [0.717, 1.165) is 6.07 Å². The Morgan fingerprint density at radius 2 is 2.00 bits per heavy atom. The quantitative estimate of drug-likeness (QED) is 0.683. The average Bonchev–Trinajstić information content (AvgIpc) is 2.49. The van der Waals surface area contributed by atoms with Gasteiger partial charge in [0, 0.05) is 11.2 Å². The largest absolute Gasteiger partial charge is 0.452 e. The molecule has 0 radical (unpaired) electrons. The smallest absolute Gasteiger partial charge is 0.340 e. The van der Waals surface area contributed by atoms with Crippen molar-refractivity contribution in [1.82, 2.24) is 4.98 Å². The molecule has 0 unspecified atom stereocenters. The zero-order valence-electron chi connectivity index (χ0n) is 11.0. The summed E-state index contributed by atoms with van der Waals surface area (Å²) in [5, 5.41) is 2.75. The van der Waals surface area contributed by atoms with Gasteiger partial charge in [-0.05, 0) is 30.3 Å². The fourth-order valence-electron chi connectivity index (χ4n) is 1.49. The van der Waals surface area contributed by atoms with E-state index < -0.39 is 24.3 Å². The molecule has 5 nitrogen and oxygen atoms in total. The number of ether oxygens (including phenoxy) is 1. The van der Waals surface area contributed by atoms with Crippen molar-refractivity contribution in [2.75, 3.05) is 11.9 Å². The number of rotatable bonds is 4. The average molecular weight is 343 g/mol. The van der Waals surface area contributed by atoms with Crippen molar-refractivity contribution in [3.05, 3.63) is 58.1 Å². The molecular weight excluding hydrogens is 334 g/mol. The second-order valence-electron chi connectivity index (χ2n) is 4.12. The van der Waals surface area contributed by atoms with E-state index in [4.69, 9.17) is 27.9 Å². The van der Waals surface area contributed by atoms with Gasteiger partial charge in [-0.1, -0.05) is 23.2 Å². The van der Waals surface area contributed by atoms with Crippen molar-refractivity contribution in [3.8, 4) is 0 Å². The first-order valence-electron chi connectivity index (χ1n) is 5.99. The van der Waals surface area contributed by atoms with E-state index in [2.05, 4.69) is 10.3 Å². The first kappa shape index (κ1) is 16.2. The molecule has 0 aliphatic carbocycles. The summed E-state index contributed by atoms with van der Waals surface area (Å²) in [6, 6.07) is 6.54. The minimum absolute atomic E-state index is 0.0956. The molecule has 0 fully saturated rings. The van der Waals surface area contributed by atoms with Crippen molar-refractivity contribution in [3.63, 3.8) is 0 Å². The number of esters is 1. The van der Waals surface area contributed by atoms with Gasteiger partial charge in [0.1, 0.15) is 11.0 Å². The summed E-state index contributed by atoms with van der Waals surface area (Å²) in [7, 11) is 0. The van der Waals surface area contributed by atoms with Crippen LogP contribution in [0.1, 0.15) is 10.4 Å². The molecule has 1 aromatic heterocycles. The summed E-state index contributed by atoms with van der Waals surface area (Å²) in [6.45, 7) is -0.576. The number of benzene rings is 1. The first-order valence-corrected chi connectivity index (χ1v) is 6.75. The molecule has 8 heteroatoms. The van der Waals surface area contributed by atoms with Gasteiger partial charge in [0.05, 0.1) is 11.3 Å². The highest BCUT2D eigenvalue weighted by Crippen LogP contribution is 2.19. The number of hydrogen-bond acceptors (Lipinski definition) is 4. The standard InChI is InChI=1S/C14H9Cl2FN2O3/c15-9-2-3-10(17)11(5-9)19-13(20)7-22-14(21)8-1-4-12(16)18-6-8/h1-6H,7H2,(H,19,20). The molecule has 2 rings (SSSR count). The third-order valence-corrected chi connectivity index (χ3v) is 2.96. The Labute approximate surface area is 135 Å². The molecule has 0 bridgehead atoms. The van der Waals surface area contributed by atoms with E-state index in [1.54, 1.807) is 0 Å². The molecule has 0 spiro atoms. The molecule has 2 aromatic rings. The zero-order valence-corrected chi connectivity index (χ0v) is 12.5. The number of halogens is 3. The van der Waals surface area contributed by atoms with E-state index in [-0.39, 0.29) is 21.4 Å². The summed E-state index contributed by atoms with van der Waals surface area (Å²) in [5.74, 6) is -2.09. The van der Waals surface area contributed by atoms with Crippen molar-refractivity contribution >= 4 is 40.8 Å². The van der Waals surface area contributed by atoms with Gasteiger partial charge < -0.3 is 10.1 Å². The summed E-state index contributed by atoms with van der Waals surface area (Å²) >= 11 is 11.3. The number of amides is 1. The predicted octanol–water partition coefficient (Wildman–Crippen LogP) is 3.32. The van der Waals surface area contributed by atoms with E-state index in [0.29, 0.717) is 0 Å². The van der Waals surface area contributed by atoms with Gasteiger partial charge in [0.15, 0.2) is 6.61 Å². The van der Waals surface area contributed by atoms with E-state index >= 15 is 0 Å². The lowest BCUT2D eigenvalue weighted by Gasteiger charge is -2.07. The van der Waals surface area contributed by atoms with Crippen LogP contribution in [0.3, 0.4) is 0 Å². The van der Waals surface area contributed by atoms with Gasteiger partial charge in [-0.3, -0.25) is 4.79 Å². The number of pyridine rings is 1. The molecule has 1 amide bonds. The van der Waals surface area contributed by atoms with Crippen LogP contribution >= 0.6 is 23.2 Å². The Balaban J connectivity index is 1.91. The lowest BCUT2D eigenvalue weighted by molar-refractivity contribution is -0.119. The maximum Gasteiger partial charge on any atom is 0.340 e. The van der Waals surface area contributed by atoms with Crippen molar-refractivity contribution in [2.24, 2.45) is 0 Å². The number of aromatic nitrogens is 1. The number of carbonyl (C=O) groups is 2. The van der Waals surface area contributed by atoms with Gasteiger partial charge in [0.2, 0.25) is 0 Å². The maximum atomic E-state index is 13.4. The van der Waals surface area contributed by atoms with Crippen LogP contribution in [-0.4, -0.2) is 23.5 Å². The third-order valence-electron chi connectivity index (χ3n) is 2.50. The highest BCUT2D eigenvalue weighted by atomic mass is 35.5. The van der Waals surface area contributed by atoms with Crippen molar-refractivity contribution in [1.29, 1.82) is 0 Å². The van der Waals surface area contributed by atoms with Crippen molar-refractivity contribution < 1.29 is 18.7 Å². The number of nitrogens with one attached hydrogen (secondary N) is 1. The van der Waals surface area contributed by atoms with E-state index in [9.17, 15) is 14.0 Å². The number of nitrogens with zero attached hydrogens (tertiary/aromatic N) is 1. The topological polar surface area (TPSA) is 68.3 Å². The third kappa shape index (κ3) is 4.41. The van der Waals surface area contributed by atoms with Crippen LogP contribution in [0, 0.1) is 5.82 Å². The summed E-state index contributed by atoms with van der Waals surface area (Å²) in [6.07, 6.45) is 1.22. The van der Waals surface area contributed by atoms with Crippen LogP contribution in [0.4, 0.5) is 10.1 Å². The summed E-state index contributed by atoms with van der Waals surface area (Å²) in [5.41, 5.74) is 0.0489. The number of anilines is 1. The normalized spacial score (nSPS) is 10.1. The Morgan fingerprint density at radius 3 is 2.68 bits per heavy atom. The lowest BCUT2D eigenvalue weighted by Crippen LogP contribution is -2.21. The van der Waals surface area contributed by atoms with Gasteiger partial charge in [-0.15, -0.1) is 0 Å². The second kappa shape index (κ2) is 7.20. The second-order valence-corrected chi connectivity index (χ2v) is 4.94. The van der Waals surface area contributed by atoms with Gasteiger partial charge in [-0.2, -0.15) is 0 Å². The van der Waals surface area contributed by atoms with Crippen molar-refractivity contribution in [2.45, 2.75) is 0 Å². The van der Waals surface area contributed by atoms with E-state index in [1.807, 2.05) is 0 Å². The fourth-order valence-corrected chi connectivity index (χ4v) is 1.77. The molecule has 1 heterocycles. The Bertz CT molecular complexity index is 708. The van der Waals surface area contributed by atoms with Crippen LogP contribution in [0.15, 0.2) is 36.5 Å². The molecule has 0 aliphatic rings. The Hall–Kier alpha value is -2.18. The minimum atomic E-state index is -0.745. The summed E-state index contributed by atoms with van der Waals surface area (Å²) < 4.78 is 18.2.